The second kappa shape index (κ2) is 6.60. The molecule has 0 unspecified atom stereocenters. The Morgan fingerprint density at radius 3 is 2.48 bits per heavy atom. The number of hydrogen-bond acceptors (Lipinski definition) is 3. The van der Waals surface area contributed by atoms with Crippen molar-refractivity contribution >= 4 is 11.6 Å². The van der Waals surface area contributed by atoms with Gasteiger partial charge in [0.1, 0.15) is 18.3 Å². The Morgan fingerprint density at radius 2 is 1.83 bits per heavy atom. The van der Waals surface area contributed by atoms with Crippen molar-refractivity contribution in [2.45, 2.75) is 12.8 Å². The molecule has 0 aromatic heterocycles. The molecular formula is C16H11ClFN3O2. The fourth-order valence-electron chi connectivity index (χ4n) is 2.36. The maximum absolute atomic E-state index is 14.6. The van der Waals surface area contributed by atoms with Crippen molar-refractivity contribution in [3.8, 4) is 11.1 Å². The monoisotopic (exact) mass is 331 g/mol. The first-order valence-corrected chi connectivity index (χ1v) is 7.12. The first kappa shape index (κ1) is 15.2. The van der Waals surface area contributed by atoms with Gasteiger partial charge in [0, 0.05) is 9.93 Å². The predicted octanol–water partition coefficient (Wildman–Crippen LogP) is 5.47. The Balaban J connectivity index is 2.07. The van der Waals surface area contributed by atoms with E-state index in [1.165, 1.54) is 18.6 Å². The normalized spacial score (nSPS) is 13.3. The second-order valence-corrected chi connectivity index (χ2v) is 5.24. The fourth-order valence-corrected chi connectivity index (χ4v) is 2.49. The lowest BCUT2D eigenvalue weighted by Gasteiger charge is -2.17. The maximum atomic E-state index is 14.6. The first-order valence-electron chi connectivity index (χ1n) is 6.74. The lowest BCUT2D eigenvalue weighted by molar-refractivity contribution is -0.0277. The van der Waals surface area contributed by atoms with Gasteiger partial charge in [-0.15, -0.1) is 0 Å². The third kappa shape index (κ3) is 3.23. The molecule has 7 heteroatoms. The molecule has 0 N–H and O–H groups in total. The molecule has 0 atom stereocenters. The molecular weight excluding hydrogens is 321 g/mol. The highest BCUT2D eigenvalue weighted by molar-refractivity contribution is 6.30. The number of benzene rings is 2. The smallest absolute Gasteiger partial charge is 0.269 e. The van der Waals surface area contributed by atoms with E-state index >= 15 is 0 Å². The maximum Gasteiger partial charge on any atom is 0.269 e. The summed E-state index contributed by atoms with van der Waals surface area (Å²) in [5, 5.41) is 4.12. The zero-order valence-electron chi connectivity index (χ0n) is 11.8. The van der Waals surface area contributed by atoms with Crippen molar-refractivity contribution in [3.63, 3.8) is 0 Å². The molecule has 0 saturated carbocycles. The van der Waals surface area contributed by atoms with E-state index in [1.807, 2.05) is 0 Å². The molecule has 0 bridgehead atoms. The summed E-state index contributed by atoms with van der Waals surface area (Å²) in [5.74, 6) is -0.491. The van der Waals surface area contributed by atoms with Crippen LogP contribution in [0.1, 0.15) is 17.4 Å². The van der Waals surface area contributed by atoms with Gasteiger partial charge in [0.05, 0.1) is 12.1 Å². The molecule has 2 aromatic carbocycles. The van der Waals surface area contributed by atoms with Crippen molar-refractivity contribution in [1.82, 2.24) is 0 Å². The number of halogens is 2. The summed E-state index contributed by atoms with van der Waals surface area (Å²) in [7, 11) is 0. The number of rotatable bonds is 4. The summed E-state index contributed by atoms with van der Waals surface area (Å²) in [6.07, 6.45) is 1.81. The van der Waals surface area contributed by atoms with E-state index in [0.717, 1.165) is 5.56 Å². The van der Waals surface area contributed by atoms with Gasteiger partial charge in [-0.1, -0.05) is 34.9 Å². The van der Waals surface area contributed by atoms with Gasteiger partial charge in [-0.2, -0.15) is 0 Å². The van der Waals surface area contributed by atoms with Gasteiger partial charge in [0.25, 0.3) is 6.29 Å². The van der Waals surface area contributed by atoms with Gasteiger partial charge < -0.3 is 9.47 Å². The molecule has 3 rings (SSSR count). The highest BCUT2D eigenvalue weighted by atomic mass is 35.5. The molecule has 1 aliphatic rings. The van der Waals surface area contributed by atoms with E-state index in [2.05, 4.69) is 10.0 Å². The minimum atomic E-state index is -0.877. The Bertz CT molecular complexity index is 794. The summed E-state index contributed by atoms with van der Waals surface area (Å²) in [6, 6.07) is 10.2. The number of nitrogens with zero attached hydrogens (tertiary/aromatic N) is 3. The average Bonchev–Trinajstić information content (AvgIpc) is 3.07. The van der Waals surface area contributed by atoms with Crippen molar-refractivity contribution < 1.29 is 13.9 Å². The minimum Gasteiger partial charge on any atom is -0.455 e. The molecule has 1 aliphatic heterocycles. The van der Waals surface area contributed by atoms with Crippen LogP contribution in [-0.2, 0) is 16.0 Å². The van der Waals surface area contributed by atoms with E-state index in [4.69, 9.17) is 26.6 Å². The van der Waals surface area contributed by atoms with Crippen LogP contribution in [0.2, 0.25) is 5.02 Å². The number of azide groups is 1. The van der Waals surface area contributed by atoms with Crippen molar-refractivity contribution in [2.24, 2.45) is 5.11 Å². The van der Waals surface area contributed by atoms with Gasteiger partial charge in [0.2, 0.25) is 0 Å². The van der Waals surface area contributed by atoms with E-state index < -0.39 is 12.1 Å². The summed E-state index contributed by atoms with van der Waals surface area (Å²) in [5.41, 5.74) is 10.7. The van der Waals surface area contributed by atoms with Crippen LogP contribution in [0.4, 0.5) is 4.39 Å². The molecule has 5 nitrogen and oxygen atoms in total. The largest absolute Gasteiger partial charge is 0.455 e. The summed E-state index contributed by atoms with van der Waals surface area (Å²) in [4.78, 5) is 2.73. The van der Waals surface area contributed by atoms with E-state index in [0.29, 0.717) is 16.1 Å². The summed E-state index contributed by atoms with van der Waals surface area (Å²) >= 11 is 5.87. The fraction of sp³-hybridized carbons (Fsp3) is 0.125. The molecule has 23 heavy (non-hydrogen) atoms. The van der Waals surface area contributed by atoms with Crippen LogP contribution in [0.25, 0.3) is 21.6 Å². The molecule has 0 radical (unpaired) electrons. The molecule has 116 valence electrons. The van der Waals surface area contributed by atoms with Crippen LogP contribution in [0, 0.1) is 5.82 Å². The van der Waals surface area contributed by atoms with Crippen LogP contribution >= 0.6 is 11.6 Å². The number of hydrogen-bond donors (Lipinski definition) is 0. The molecule has 2 aromatic rings. The topological polar surface area (TPSA) is 67.2 Å². The van der Waals surface area contributed by atoms with Gasteiger partial charge in [0.15, 0.2) is 0 Å². The van der Waals surface area contributed by atoms with Gasteiger partial charge in [-0.3, -0.25) is 0 Å². The van der Waals surface area contributed by atoms with Crippen molar-refractivity contribution in [3.05, 3.63) is 81.3 Å². The quantitative estimate of drug-likeness (QED) is 0.423. The van der Waals surface area contributed by atoms with Crippen LogP contribution in [0.15, 0.2) is 54.0 Å². The number of ether oxygens (including phenoxy) is 2. The molecule has 0 amide bonds. The average molecular weight is 332 g/mol. The van der Waals surface area contributed by atoms with Gasteiger partial charge >= 0.3 is 0 Å². The summed E-state index contributed by atoms with van der Waals surface area (Å²) in [6.45, 7) is -0.00654. The molecule has 0 saturated heterocycles. The van der Waals surface area contributed by atoms with Crippen LogP contribution in [0.3, 0.4) is 0 Å². The zero-order chi connectivity index (χ0) is 16.2. The predicted molar refractivity (Wildman–Crippen MR) is 83.7 cm³/mol. The van der Waals surface area contributed by atoms with Gasteiger partial charge in [-0.05, 0) is 40.4 Å². The Labute approximate surface area is 136 Å². The van der Waals surface area contributed by atoms with Crippen LogP contribution in [-0.4, -0.2) is 0 Å². The highest BCUT2D eigenvalue weighted by Gasteiger charge is 2.24. The molecule has 0 aliphatic carbocycles. The lowest BCUT2D eigenvalue weighted by Crippen LogP contribution is -2.06. The minimum absolute atomic E-state index is 0.00654. The zero-order valence-corrected chi connectivity index (χ0v) is 12.6. The molecule has 0 spiro atoms. The highest BCUT2D eigenvalue weighted by Crippen LogP contribution is 2.34. The third-order valence-electron chi connectivity index (χ3n) is 3.39. The lowest BCUT2D eigenvalue weighted by atomic mass is 9.98. The Morgan fingerprint density at radius 1 is 1.13 bits per heavy atom. The van der Waals surface area contributed by atoms with Crippen molar-refractivity contribution in [1.29, 1.82) is 0 Å². The van der Waals surface area contributed by atoms with E-state index in [-0.39, 0.29) is 12.1 Å². The van der Waals surface area contributed by atoms with Gasteiger partial charge in [-0.25, -0.2) is 4.39 Å². The molecule has 0 fully saturated rings. The second-order valence-electron chi connectivity index (χ2n) is 4.80. The standard InChI is InChI=1S/C16H11ClFN3O2/c17-13-3-1-10(2-4-13)11-7-12(9-20-21-19)15(14(18)8-11)16-22-5-6-23-16/h1-8,16H,9H2. The van der Waals surface area contributed by atoms with E-state index in [1.54, 1.807) is 30.3 Å². The first-order chi connectivity index (χ1) is 11.2. The van der Waals surface area contributed by atoms with Crippen LogP contribution < -0.4 is 0 Å². The van der Waals surface area contributed by atoms with E-state index in [9.17, 15) is 4.39 Å². The molecule has 1 heterocycles. The van der Waals surface area contributed by atoms with Crippen LogP contribution in [0.5, 0.6) is 0 Å². The Hall–Kier alpha value is -2.69. The third-order valence-corrected chi connectivity index (χ3v) is 3.64. The Kier molecular flexibility index (Phi) is 4.37. The summed E-state index contributed by atoms with van der Waals surface area (Å²) < 4.78 is 25.0. The SMILES string of the molecule is [N-]=[N+]=NCc1cc(-c2ccc(Cl)cc2)cc(F)c1C1OC=CO1. The van der Waals surface area contributed by atoms with Crippen molar-refractivity contribution in [2.75, 3.05) is 0 Å².